The molecule has 170 valence electrons. The van der Waals surface area contributed by atoms with Crippen LogP contribution in [0.3, 0.4) is 0 Å². The van der Waals surface area contributed by atoms with Gasteiger partial charge in [-0.1, -0.05) is 23.7 Å². The van der Waals surface area contributed by atoms with Gasteiger partial charge < -0.3 is 10.6 Å². The lowest BCUT2D eigenvalue weighted by Gasteiger charge is -2.31. The van der Waals surface area contributed by atoms with E-state index in [0.717, 1.165) is 25.3 Å². The Morgan fingerprint density at radius 3 is 2.64 bits per heavy atom. The van der Waals surface area contributed by atoms with E-state index in [-0.39, 0.29) is 23.5 Å². The molecule has 1 unspecified atom stereocenters. The number of halogens is 4. The number of benzene rings is 2. The van der Waals surface area contributed by atoms with Crippen molar-refractivity contribution in [2.24, 2.45) is 0 Å². The van der Waals surface area contributed by atoms with E-state index in [1.54, 1.807) is 30.3 Å². The maximum absolute atomic E-state index is 13.4. The van der Waals surface area contributed by atoms with Gasteiger partial charge >= 0.3 is 6.18 Å². The fourth-order valence-corrected chi connectivity index (χ4v) is 4.35. The molecule has 0 saturated heterocycles. The molecule has 1 saturated carbocycles. The molecule has 1 aliphatic carbocycles. The summed E-state index contributed by atoms with van der Waals surface area (Å²) in [6.45, 7) is 0. The number of anilines is 1. The number of carbonyl (C=O) groups is 1. The van der Waals surface area contributed by atoms with Gasteiger partial charge in [0.05, 0.1) is 22.7 Å². The molecule has 1 fully saturated rings. The second-order valence-electron chi connectivity index (χ2n) is 8.05. The number of hydrogen-bond donors (Lipinski definition) is 2. The van der Waals surface area contributed by atoms with Crippen LogP contribution in [0.15, 0.2) is 48.5 Å². The van der Waals surface area contributed by atoms with Crippen molar-refractivity contribution >= 4 is 34.1 Å². The van der Waals surface area contributed by atoms with E-state index in [1.807, 2.05) is 6.07 Å². The molecule has 2 atom stereocenters. The molecule has 2 aromatic carbocycles. The number of amides is 1. The van der Waals surface area contributed by atoms with Crippen LogP contribution >= 0.6 is 11.6 Å². The molecule has 2 N–H and O–H groups in total. The molecule has 0 radical (unpaired) electrons. The topological polar surface area (TPSA) is 77.8 Å². The van der Waals surface area contributed by atoms with Crippen molar-refractivity contribution in [2.75, 3.05) is 5.32 Å². The second-order valence-corrected chi connectivity index (χ2v) is 8.49. The summed E-state index contributed by atoms with van der Waals surface area (Å²) in [5, 5.41) is 16.3. The minimum absolute atomic E-state index is 0.152. The third-order valence-corrected chi connectivity index (χ3v) is 5.96. The maximum Gasteiger partial charge on any atom is 0.433 e. The predicted octanol–water partition coefficient (Wildman–Crippen LogP) is 5.93. The largest absolute Gasteiger partial charge is 0.433 e. The zero-order valence-electron chi connectivity index (χ0n) is 17.4. The smallest absolute Gasteiger partial charge is 0.382 e. The van der Waals surface area contributed by atoms with Crippen LogP contribution in [-0.2, 0) is 6.18 Å². The van der Waals surface area contributed by atoms with E-state index in [0.29, 0.717) is 33.6 Å². The van der Waals surface area contributed by atoms with Gasteiger partial charge in [0.2, 0.25) is 0 Å². The van der Waals surface area contributed by atoms with Gasteiger partial charge in [-0.2, -0.15) is 18.4 Å². The predicted molar refractivity (Wildman–Crippen MR) is 120 cm³/mol. The molecule has 1 aliphatic rings. The van der Waals surface area contributed by atoms with E-state index in [4.69, 9.17) is 11.6 Å². The molecule has 0 bridgehead atoms. The van der Waals surface area contributed by atoms with E-state index >= 15 is 0 Å². The van der Waals surface area contributed by atoms with Crippen molar-refractivity contribution < 1.29 is 18.0 Å². The van der Waals surface area contributed by atoms with Crippen LogP contribution in [-0.4, -0.2) is 23.0 Å². The average Bonchev–Trinajstić information content (AvgIpc) is 2.78. The first-order valence-electron chi connectivity index (χ1n) is 10.5. The molecular formula is C24H20ClF3N4O. The number of nitrogens with one attached hydrogen (secondary N) is 2. The van der Waals surface area contributed by atoms with E-state index < -0.39 is 11.9 Å². The summed E-state index contributed by atoms with van der Waals surface area (Å²) in [6.07, 6.45) is -1.77. The first kappa shape index (κ1) is 22.9. The van der Waals surface area contributed by atoms with E-state index in [9.17, 15) is 23.2 Å². The van der Waals surface area contributed by atoms with Gasteiger partial charge in [0, 0.05) is 28.2 Å². The molecule has 9 heteroatoms. The number of rotatable bonds is 4. The highest BCUT2D eigenvalue weighted by molar-refractivity contribution is 6.31. The lowest BCUT2D eigenvalue weighted by Crippen LogP contribution is -2.42. The Hall–Kier alpha value is -3.31. The second kappa shape index (κ2) is 9.28. The number of nitrogens with zero attached hydrogens (tertiary/aromatic N) is 2. The fraction of sp³-hybridized carbons (Fsp3) is 0.292. The summed E-state index contributed by atoms with van der Waals surface area (Å²) in [6, 6.07) is 13.8. The summed E-state index contributed by atoms with van der Waals surface area (Å²) >= 11 is 6.08. The van der Waals surface area contributed by atoms with Crippen LogP contribution in [0.5, 0.6) is 0 Å². The highest BCUT2D eigenvalue weighted by atomic mass is 35.5. The SMILES string of the molecule is N#Cc1ccccc1C(=O)NC1CCC[C@H](Nc2cc(C(F)(F)F)nc3ccc(Cl)cc23)C1. The Kier molecular flexibility index (Phi) is 6.43. The Labute approximate surface area is 193 Å². The van der Waals surface area contributed by atoms with Crippen molar-refractivity contribution in [3.8, 4) is 6.07 Å². The minimum Gasteiger partial charge on any atom is -0.382 e. The molecule has 1 aromatic heterocycles. The molecule has 3 aromatic rings. The van der Waals surface area contributed by atoms with Gasteiger partial charge in [0.25, 0.3) is 5.91 Å². The Bertz CT molecular complexity index is 1240. The molecule has 5 nitrogen and oxygen atoms in total. The highest BCUT2D eigenvalue weighted by Gasteiger charge is 2.34. The number of fused-ring (bicyclic) bond motifs is 1. The van der Waals surface area contributed by atoms with Crippen molar-refractivity contribution in [3.63, 3.8) is 0 Å². The molecule has 4 rings (SSSR count). The monoisotopic (exact) mass is 472 g/mol. The average molecular weight is 473 g/mol. The first-order chi connectivity index (χ1) is 15.7. The third kappa shape index (κ3) is 5.20. The summed E-state index contributed by atoms with van der Waals surface area (Å²) in [7, 11) is 0. The van der Waals surface area contributed by atoms with Crippen LogP contribution in [0.1, 0.15) is 47.3 Å². The van der Waals surface area contributed by atoms with Crippen LogP contribution < -0.4 is 10.6 Å². The quantitative estimate of drug-likeness (QED) is 0.493. The number of pyridine rings is 1. The number of alkyl halides is 3. The summed E-state index contributed by atoms with van der Waals surface area (Å²) in [5.41, 5.74) is 0.126. The Morgan fingerprint density at radius 1 is 1.12 bits per heavy atom. The lowest BCUT2D eigenvalue weighted by atomic mass is 9.90. The molecule has 33 heavy (non-hydrogen) atoms. The van der Waals surface area contributed by atoms with Crippen LogP contribution in [0.2, 0.25) is 5.02 Å². The van der Waals surface area contributed by atoms with Crippen molar-refractivity contribution in [2.45, 2.75) is 43.9 Å². The van der Waals surface area contributed by atoms with Gasteiger partial charge in [-0.25, -0.2) is 4.98 Å². The minimum atomic E-state index is -4.58. The van der Waals surface area contributed by atoms with E-state index in [2.05, 4.69) is 15.6 Å². The third-order valence-electron chi connectivity index (χ3n) is 5.72. The normalized spacial score (nSPS) is 18.5. The Balaban J connectivity index is 1.54. The number of aromatic nitrogens is 1. The first-order valence-corrected chi connectivity index (χ1v) is 10.9. The van der Waals surface area contributed by atoms with Crippen LogP contribution in [0.25, 0.3) is 10.9 Å². The summed E-state index contributed by atoms with van der Waals surface area (Å²) in [5.74, 6) is -0.335. The zero-order valence-corrected chi connectivity index (χ0v) is 18.2. The van der Waals surface area contributed by atoms with Crippen LogP contribution in [0, 0.1) is 11.3 Å². The molecule has 1 heterocycles. The van der Waals surface area contributed by atoms with Crippen LogP contribution in [0.4, 0.5) is 18.9 Å². The van der Waals surface area contributed by atoms with Gasteiger partial charge in [-0.3, -0.25) is 4.79 Å². The van der Waals surface area contributed by atoms with E-state index in [1.165, 1.54) is 12.1 Å². The summed E-state index contributed by atoms with van der Waals surface area (Å²) < 4.78 is 40.2. The molecular weight excluding hydrogens is 453 g/mol. The van der Waals surface area contributed by atoms with Crippen molar-refractivity contribution in [1.29, 1.82) is 5.26 Å². The van der Waals surface area contributed by atoms with Gasteiger partial charge in [0.15, 0.2) is 0 Å². The van der Waals surface area contributed by atoms with Crippen molar-refractivity contribution in [3.05, 3.63) is 70.4 Å². The van der Waals surface area contributed by atoms with Crippen molar-refractivity contribution in [1.82, 2.24) is 10.3 Å². The standard InChI is InChI=1S/C24H20ClF3N4O/c25-15-8-9-20-19(10-15)21(12-22(32-20)24(26,27)28)30-16-5-3-6-17(11-16)31-23(33)18-7-2-1-4-14(18)13-29/h1-2,4,7-10,12,16-17H,3,5-6,11H2,(H,30,32)(H,31,33)/t16-,17?/m0/s1. The fourth-order valence-electron chi connectivity index (χ4n) is 4.18. The highest BCUT2D eigenvalue weighted by Crippen LogP contribution is 2.35. The van der Waals surface area contributed by atoms with Gasteiger partial charge in [-0.15, -0.1) is 0 Å². The number of hydrogen-bond acceptors (Lipinski definition) is 4. The maximum atomic E-state index is 13.4. The molecule has 0 spiro atoms. The molecule has 0 aliphatic heterocycles. The van der Waals surface area contributed by atoms with Gasteiger partial charge in [0.1, 0.15) is 5.69 Å². The number of carbonyl (C=O) groups excluding carboxylic acids is 1. The number of nitriles is 1. The van der Waals surface area contributed by atoms with Gasteiger partial charge in [-0.05, 0) is 62.1 Å². The lowest BCUT2D eigenvalue weighted by molar-refractivity contribution is -0.140. The zero-order chi connectivity index (χ0) is 23.6. The summed E-state index contributed by atoms with van der Waals surface area (Å²) in [4.78, 5) is 16.4. The Morgan fingerprint density at radius 2 is 1.88 bits per heavy atom. The molecule has 1 amide bonds.